The molecule has 2 heterocycles. The number of rotatable bonds is 4. The predicted molar refractivity (Wildman–Crippen MR) is 111 cm³/mol. The minimum absolute atomic E-state index is 0.0599. The van der Waals surface area contributed by atoms with Gasteiger partial charge in [0, 0.05) is 18.3 Å². The van der Waals surface area contributed by atoms with Crippen molar-refractivity contribution in [2.24, 2.45) is 0 Å². The minimum atomic E-state index is -0.414. The molecule has 0 saturated carbocycles. The van der Waals surface area contributed by atoms with Gasteiger partial charge in [-0.1, -0.05) is 42.5 Å². The molecule has 1 saturated heterocycles. The number of ether oxygens (including phenoxy) is 1. The molecule has 1 aromatic heterocycles. The van der Waals surface area contributed by atoms with Gasteiger partial charge in [-0.15, -0.1) is 0 Å². The third kappa shape index (κ3) is 3.92. The first-order valence-electron chi connectivity index (χ1n) is 9.77. The number of nitrogens with zero attached hydrogens (tertiary/aromatic N) is 2. The number of likely N-dealkylation sites (tertiary alicyclic amines) is 1. The van der Waals surface area contributed by atoms with Crippen LogP contribution in [0.5, 0.6) is 5.75 Å². The van der Waals surface area contributed by atoms with Crippen molar-refractivity contribution in [1.82, 2.24) is 14.9 Å². The van der Waals surface area contributed by atoms with E-state index in [2.05, 4.69) is 9.97 Å². The molecule has 1 fully saturated rings. The number of hydrogen-bond donors (Lipinski definition) is 1. The molecule has 1 atom stereocenters. The number of carbonyl (C=O) groups excluding carboxylic acids is 1. The van der Waals surface area contributed by atoms with Gasteiger partial charge in [0.15, 0.2) is 0 Å². The first-order chi connectivity index (χ1) is 14.2. The van der Waals surface area contributed by atoms with E-state index in [1.54, 1.807) is 12.0 Å². The minimum Gasteiger partial charge on any atom is -0.497 e. The second kappa shape index (κ2) is 8.31. The van der Waals surface area contributed by atoms with Crippen LogP contribution in [0.3, 0.4) is 0 Å². The highest BCUT2D eigenvalue weighted by Gasteiger charge is 2.30. The molecule has 3 aromatic rings. The average molecular weight is 389 g/mol. The molecule has 6 nitrogen and oxygen atoms in total. The highest BCUT2D eigenvalue weighted by Crippen LogP contribution is 2.32. The summed E-state index contributed by atoms with van der Waals surface area (Å²) in [6.07, 6.45) is 4.22. The summed E-state index contributed by atoms with van der Waals surface area (Å²) in [6, 6.07) is 17.1. The molecule has 0 spiro atoms. The number of aromatic amines is 1. The Kier molecular flexibility index (Phi) is 5.42. The van der Waals surface area contributed by atoms with Crippen molar-refractivity contribution in [3.05, 3.63) is 82.3 Å². The van der Waals surface area contributed by atoms with E-state index < -0.39 is 5.56 Å². The van der Waals surface area contributed by atoms with Crippen molar-refractivity contribution in [3.63, 3.8) is 0 Å². The van der Waals surface area contributed by atoms with Crippen molar-refractivity contribution in [2.75, 3.05) is 13.7 Å². The summed E-state index contributed by atoms with van der Waals surface area (Å²) in [7, 11) is 1.63. The monoisotopic (exact) mass is 389 g/mol. The molecule has 1 aliphatic rings. The fraction of sp³-hybridized carbons (Fsp3) is 0.261. The number of carbonyl (C=O) groups is 1. The van der Waals surface area contributed by atoms with Gasteiger partial charge in [0.05, 0.1) is 13.2 Å². The molecule has 1 aliphatic heterocycles. The zero-order valence-electron chi connectivity index (χ0n) is 16.3. The number of nitrogens with one attached hydrogen (secondary N) is 1. The number of piperidine rings is 1. The van der Waals surface area contributed by atoms with Gasteiger partial charge in [0.1, 0.15) is 17.1 Å². The molecule has 0 aliphatic carbocycles. The normalized spacial score (nSPS) is 16.4. The zero-order chi connectivity index (χ0) is 20.2. The lowest BCUT2D eigenvalue weighted by Crippen LogP contribution is -2.40. The zero-order valence-corrected chi connectivity index (χ0v) is 16.3. The van der Waals surface area contributed by atoms with E-state index in [9.17, 15) is 9.59 Å². The predicted octanol–water partition coefficient (Wildman–Crippen LogP) is 3.81. The Bertz CT molecular complexity index is 1040. The maximum atomic E-state index is 13.2. The lowest BCUT2D eigenvalue weighted by molar-refractivity contribution is 0.0609. The van der Waals surface area contributed by atoms with Crippen molar-refractivity contribution in [2.45, 2.75) is 25.3 Å². The van der Waals surface area contributed by atoms with Gasteiger partial charge in [0.2, 0.25) is 0 Å². The van der Waals surface area contributed by atoms with Crippen molar-refractivity contribution in [1.29, 1.82) is 0 Å². The van der Waals surface area contributed by atoms with Gasteiger partial charge in [-0.05, 0) is 37.0 Å². The van der Waals surface area contributed by atoms with Gasteiger partial charge in [-0.3, -0.25) is 9.59 Å². The Hall–Kier alpha value is -3.41. The lowest BCUT2D eigenvalue weighted by atomic mass is 9.94. The first kappa shape index (κ1) is 18.9. The highest BCUT2D eigenvalue weighted by atomic mass is 16.5. The maximum absolute atomic E-state index is 13.2. The number of methoxy groups -OCH3 is 1. The topological polar surface area (TPSA) is 75.3 Å². The summed E-state index contributed by atoms with van der Waals surface area (Å²) in [6.45, 7) is 0.620. The number of hydrogen-bond acceptors (Lipinski definition) is 4. The van der Waals surface area contributed by atoms with Crippen LogP contribution >= 0.6 is 0 Å². The van der Waals surface area contributed by atoms with Crippen LogP contribution in [0.4, 0.5) is 0 Å². The molecule has 6 heteroatoms. The molecule has 2 aromatic carbocycles. The van der Waals surface area contributed by atoms with E-state index in [0.717, 1.165) is 36.1 Å². The quantitative estimate of drug-likeness (QED) is 0.736. The van der Waals surface area contributed by atoms with E-state index >= 15 is 0 Å². The van der Waals surface area contributed by atoms with Crippen LogP contribution in [-0.2, 0) is 0 Å². The second-order valence-electron chi connectivity index (χ2n) is 7.12. The average Bonchev–Trinajstić information content (AvgIpc) is 2.79. The summed E-state index contributed by atoms with van der Waals surface area (Å²) in [5, 5.41) is 0. The molecule has 0 bridgehead atoms. The largest absolute Gasteiger partial charge is 0.497 e. The number of aromatic nitrogens is 2. The van der Waals surface area contributed by atoms with Crippen LogP contribution in [0.25, 0.3) is 11.4 Å². The summed E-state index contributed by atoms with van der Waals surface area (Å²) in [5.41, 5.74) is 1.51. The third-order valence-electron chi connectivity index (χ3n) is 5.34. The molecule has 1 amide bonds. The van der Waals surface area contributed by atoms with E-state index in [0.29, 0.717) is 12.4 Å². The Balaban J connectivity index is 1.62. The Morgan fingerprint density at radius 3 is 2.55 bits per heavy atom. The number of benzene rings is 2. The number of H-pyrrole nitrogens is 1. The molecule has 29 heavy (non-hydrogen) atoms. The standard InChI is InChI=1S/C23H23N3O3/c1-29-18-12-10-16(11-13-18)20-9-5-6-14-26(20)23(28)19-15-24-21(25-22(19)27)17-7-3-2-4-8-17/h2-4,7-8,10-13,15,20H,5-6,9,14H2,1H3,(H,24,25,27)/t20-/m0/s1. The van der Waals surface area contributed by atoms with Gasteiger partial charge < -0.3 is 14.6 Å². The first-order valence-corrected chi connectivity index (χ1v) is 9.77. The Labute approximate surface area is 169 Å². The molecule has 0 unspecified atom stereocenters. The molecule has 148 valence electrons. The van der Waals surface area contributed by atoms with Crippen LogP contribution in [0.15, 0.2) is 65.6 Å². The lowest BCUT2D eigenvalue weighted by Gasteiger charge is -2.36. The van der Waals surface area contributed by atoms with Gasteiger partial charge in [-0.2, -0.15) is 0 Å². The van der Waals surface area contributed by atoms with Gasteiger partial charge >= 0.3 is 0 Å². The molecule has 4 rings (SSSR count). The summed E-state index contributed by atoms with van der Waals surface area (Å²) >= 11 is 0. The maximum Gasteiger partial charge on any atom is 0.264 e. The Morgan fingerprint density at radius 2 is 1.86 bits per heavy atom. The molecular weight excluding hydrogens is 366 g/mol. The smallest absolute Gasteiger partial charge is 0.264 e. The van der Waals surface area contributed by atoms with Gasteiger partial charge in [-0.25, -0.2) is 4.98 Å². The molecule has 0 radical (unpaired) electrons. The number of amides is 1. The second-order valence-corrected chi connectivity index (χ2v) is 7.12. The molecular formula is C23H23N3O3. The SMILES string of the molecule is COc1ccc([C@@H]2CCCCN2C(=O)c2cnc(-c3ccccc3)[nH]c2=O)cc1. The summed E-state index contributed by atoms with van der Waals surface area (Å²) in [4.78, 5) is 34.8. The van der Waals surface area contributed by atoms with E-state index in [1.807, 2.05) is 54.6 Å². The van der Waals surface area contributed by atoms with Crippen molar-refractivity contribution < 1.29 is 9.53 Å². The summed E-state index contributed by atoms with van der Waals surface area (Å²) in [5.74, 6) is 0.955. The van der Waals surface area contributed by atoms with E-state index in [4.69, 9.17) is 4.74 Å². The van der Waals surface area contributed by atoms with Gasteiger partial charge in [0.25, 0.3) is 11.5 Å². The van der Waals surface area contributed by atoms with Crippen molar-refractivity contribution in [3.8, 4) is 17.1 Å². The Morgan fingerprint density at radius 1 is 1.10 bits per heavy atom. The van der Waals surface area contributed by atoms with Crippen LogP contribution in [0.2, 0.25) is 0 Å². The van der Waals surface area contributed by atoms with Crippen molar-refractivity contribution >= 4 is 5.91 Å². The van der Waals surface area contributed by atoms with E-state index in [-0.39, 0.29) is 17.5 Å². The van der Waals surface area contributed by atoms with Crippen LogP contribution in [-0.4, -0.2) is 34.4 Å². The fourth-order valence-corrected chi connectivity index (χ4v) is 3.79. The highest BCUT2D eigenvalue weighted by molar-refractivity contribution is 5.94. The van der Waals surface area contributed by atoms with E-state index in [1.165, 1.54) is 6.20 Å². The van der Waals surface area contributed by atoms with Crippen LogP contribution < -0.4 is 10.3 Å². The summed E-state index contributed by atoms with van der Waals surface area (Å²) < 4.78 is 5.23. The third-order valence-corrected chi connectivity index (χ3v) is 5.34. The van der Waals surface area contributed by atoms with Crippen LogP contribution in [0, 0.1) is 0 Å². The molecule has 1 N–H and O–H groups in total. The van der Waals surface area contributed by atoms with Crippen LogP contribution in [0.1, 0.15) is 41.2 Å². The fourth-order valence-electron chi connectivity index (χ4n) is 3.79.